The van der Waals surface area contributed by atoms with Crippen LogP contribution in [-0.4, -0.2) is 12.6 Å². The maximum Gasteiger partial charge on any atom is 0.339 e. The lowest BCUT2D eigenvalue weighted by atomic mass is 9.86. The van der Waals surface area contributed by atoms with E-state index >= 15 is 0 Å². The molecule has 19 heavy (non-hydrogen) atoms. The Morgan fingerprint density at radius 3 is 2.63 bits per heavy atom. The molecule has 1 aliphatic heterocycles. The van der Waals surface area contributed by atoms with Gasteiger partial charge in [0.15, 0.2) is 5.60 Å². The number of fused-ring (bicyclic) bond motifs is 1. The van der Waals surface area contributed by atoms with Crippen molar-refractivity contribution >= 4 is 5.97 Å². The lowest BCUT2D eigenvalue weighted by Gasteiger charge is -2.26. The third-order valence-electron chi connectivity index (χ3n) is 3.33. The summed E-state index contributed by atoms with van der Waals surface area (Å²) in [6.45, 7) is -0.931. The van der Waals surface area contributed by atoms with Gasteiger partial charge in [0, 0.05) is 11.1 Å². The Morgan fingerprint density at radius 1 is 1.11 bits per heavy atom. The number of carbonyl (C=O) groups is 1. The summed E-state index contributed by atoms with van der Waals surface area (Å²) < 4.78 is 32.2. The van der Waals surface area contributed by atoms with Crippen LogP contribution in [0.1, 0.15) is 21.5 Å². The van der Waals surface area contributed by atoms with Gasteiger partial charge in [-0.2, -0.15) is 0 Å². The molecule has 2 nitrogen and oxygen atoms in total. The molecule has 0 aromatic heterocycles. The number of alkyl halides is 1. The zero-order chi connectivity index (χ0) is 13.5. The molecule has 3 rings (SSSR count). The normalized spacial score (nSPS) is 21.1. The van der Waals surface area contributed by atoms with Gasteiger partial charge in [0.25, 0.3) is 0 Å². The van der Waals surface area contributed by atoms with Crippen LogP contribution >= 0.6 is 0 Å². The maximum atomic E-state index is 13.6. The van der Waals surface area contributed by atoms with Crippen LogP contribution in [0.25, 0.3) is 0 Å². The van der Waals surface area contributed by atoms with Crippen LogP contribution in [-0.2, 0) is 10.3 Å². The van der Waals surface area contributed by atoms with Crippen LogP contribution in [0.3, 0.4) is 0 Å². The second-order valence-electron chi connectivity index (χ2n) is 4.41. The first kappa shape index (κ1) is 11.8. The van der Waals surface area contributed by atoms with E-state index in [1.807, 2.05) is 0 Å². The molecule has 1 heterocycles. The monoisotopic (exact) mass is 260 g/mol. The number of hydrogen-bond acceptors (Lipinski definition) is 2. The minimum absolute atomic E-state index is 0.299. The lowest BCUT2D eigenvalue weighted by molar-refractivity contribution is 0.000264. The van der Waals surface area contributed by atoms with Crippen LogP contribution in [0.5, 0.6) is 0 Å². The maximum absolute atomic E-state index is 13.6. The van der Waals surface area contributed by atoms with Crippen molar-refractivity contribution in [1.82, 2.24) is 0 Å². The van der Waals surface area contributed by atoms with E-state index < -0.39 is 24.1 Å². The lowest BCUT2D eigenvalue weighted by Crippen LogP contribution is -2.30. The molecule has 0 fully saturated rings. The molecule has 96 valence electrons. The first-order valence-corrected chi connectivity index (χ1v) is 5.82. The number of hydrogen-bond donors (Lipinski definition) is 0. The quantitative estimate of drug-likeness (QED) is 0.775. The number of carbonyl (C=O) groups excluding carboxylic acids is 1. The second-order valence-corrected chi connectivity index (χ2v) is 4.41. The largest absolute Gasteiger partial charge is 0.443 e. The second kappa shape index (κ2) is 4.16. The smallest absolute Gasteiger partial charge is 0.339 e. The minimum atomic E-state index is -1.53. The fraction of sp³-hybridized carbons (Fsp3) is 0.133. The van der Waals surface area contributed by atoms with Gasteiger partial charge in [0.1, 0.15) is 12.5 Å². The van der Waals surface area contributed by atoms with E-state index in [9.17, 15) is 13.6 Å². The number of halogens is 2. The summed E-state index contributed by atoms with van der Waals surface area (Å²) in [7, 11) is 0. The Labute approximate surface area is 108 Å². The zero-order valence-corrected chi connectivity index (χ0v) is 9.90. The molecule has 1 aliphatic rings. The van der Waals surface area contributed by atoms with E-state index in [0.29, 0.717) is 16.7 Å². The van der Waals surface area contributed by atoms with Gasteiger partial charge >= 0.3 is 5.97 Å². The molecular formula is C15H10F2O2. The third kappa shape index (κ3) is 1.63. The highest BCUT2D eigenvalue weighted by Crippen LogP contribution is 2.42. The summed E-state index contributed by atoms with van der Waals surface area (Å²) in [6.07, 6.45) is 0. The van der Waals surface area contributed by atoms with Crippen LogP contribution in [0, 0.1) is 5.82 Å². The average Bonchev–Trinajstić information content (AvgIpc) is 2.73. The Hall–Kier alpha value is -2.23. The van der Waals surface area contributed by atoms with E-state index in [1.54, 1.807) is 30.3 Å². The molecule has 2 aromatic rings. The summed E-state index contributed by atoms with van der Waals surface area (Å²) in [5, 5.41) is 0. The predicted molar refractivity (Wildman–Crippen MR) is 65.0 cm³/mol. The van der Waals surface area contributed by atoms with Gasteiger partial charge in [-0.1, -0.05) is 30.3 Å². The first-order valence-electron chi connectivity index (χ1n) is 5.82. The molecule has 0 unspecified atom stereocenters. The number of esters is 1. The Balaban J connectivity index is 2.24. The highest BCUT2D eigenvalue weighted by Gasteiger charge is 2.47. The molecule has 0 saturated heterocycles. The van der Waals surface area contributed by atoms with Crippen molar-refractivity contribution in [3.63, 3.8) is 0 Å². The summed E-state index contributed by atoms with van der Waals surface area (Å²) in [5.41, 5.74) is -0.471. The highest BCUT2D eigenvalue weighted by atomic mass is 19.1. The van der Waals surface area contributed by atoms with Gasteiger partial charge < -0.3 is 4.74 Å². The van der Waals surface area contributed by atoms with Crippen molar-refractivity contribution < 1.29 is 18.3 Å². The highest BCUT2D eigenvalue weighted by molar-refractivity contribution is 5.95. The summed E-state index contributed by atoms with van der Waals surface area (Å²) in [4.78, 5) is 11.8. The van der Waals surface area contributed by atoms with E-state index in [0.717, 1.165) is 0 Å². The van der Waals surface area contributed by atoms with E-state index in [2.05, 4.69) is 0 Å². The number of cyclic esters (lactones) is 1. The number of rotatable bonds is 2. The van der Waals surface area contributed by atoms with E-state index in [-0.39, 0.29) is 0 Å². The minimum Gasteiger partial charge on any atom is -0.443 e. The van der Waals surface area contributed by atoms with E-state index in [1.165, 1.54) is 18.2 Å². The van der Waals surface area contributed by atoms with Crippen molar-refractivity contribution in [3.8, 4) is 0 Å². The predicted octanol–water partition coefficient (Wildman–Crippen LogP) is 3.21. The van der Waals surface area contributed by atoms with Crippen molar-refractivity contribution in [2.45, 2.75) is 5.60 Å². The molecule has 0 bridgehead atoms. The number of benzene rings is 2. The summed E-state index contributed by atoms with van der Waals surface area (Å²) >= 11 is 0. The summed E-state index contributed by atoms with van der Waals surface area (Å²) in [5.74, 6) is -1.08. The van der Waals surface area contributed by atoms with Crippen molar-refractivity contribution in [2.75, 3.05) is 6.67 Å². The molecule has 2 aromatic carbocycles. The van der Waals surface area contributed by atoms with Gasteiger partial charge in [-0.3, -0.25) is 0 Å². The van der Waals surface area contributed by atoms with Crippen molar-refractivity contribution in [1.29, 1.82) is 0 Å². The average molecular weight is 260 g/mol. The van der Waals surface area contributed by atoms with Crippen molar-refractivity contribution in [2.24, 2.45) is 0 Å². The fourth-order valence-corrected chi connectivity index (χ4v) is 2.41. The van der Waals surface area contributed by atoms with Crippen molar-refractivity contribution in [3.05, 3.63) is 71.0 Å². The molecule has 0 radical (unpaired) electrons. The molecule has 4 heteroatoms. The van der Waals surface area contributed by atoms with E-state index in [4.69, 9.17) is 4.74 Å². The van der Waals surface area contributed by atoms with Gasteiger partial charge in [0.05, 0.1) is 5.56 Å². The topological polar surface area (TPSA) is 26.3 Å². The van der Waals surface area contributed by atoms with Gasteiger partial charge in [-0.15, -0.1) is 0 Å². The Morgan fingerprint density at radius 2 is 1.89 bits per heavy atom. The van der Waals surface area contributed by atoms with Gasteiger partial charge in [-0.25, -0.2) is 13.6 Å². The standard InChI is InChI=1S/C15H10F2O2/c16-9-15(10-4-3-5-11(17)8-10)13-7-2-1-6-12(13)14(18)19-15/h1-8H,9H2/t15-/m1/s1. The molecule has 0 saturated carbocycles. The van der Waals surface area contributed by atoms with Crippen LogP contribution < -0.4 is 0 Å². The third-order valence-corrected chi connectivity index (χ3v) is 3.33. The van der Waals surface area contributed by atoms with Crippen LogP contribution in [0.2, 0.25) is 0 Å². The Kier molecular flexibility index (Phi) is 2.59. The zero-order valence-electron chi connectivity index (χ0n) is 9.90. The molecule has 0 N–H and O–H groups in total. The Bertz CT molecular complexity index is 654. The molecule has 0 aliphatic carbocycles. The molecule has 0 spiro atoms. The summed E-state index contributed by atoms with van der Waals surface area (Å²) in [6, 6.07) is 12.1. The van der Waals surface area contributed by atoms with Crippen LogP contribution in [0.4, 0.5) is 8.78 Å². The fourth-order valence-electron chi connectivity index (χ4n) is 2.41. The molecular weight excluding hydrogens is 250 g/mol. The molecule has 1 atom stereocenters. The number of ether oxygens (including phenoxy) is 1. The molecule has 0 amide bonds. The SMILES string of the molecule is O=C1O[C@](CF)(c2cccc(F)c2)c2ccccc21. The first-order chi connectivity index (χ1) is 9.17. The van der Waals surface area contributed by atoms with Gasteiger partial charge in [0.2, 0.25) is 0 Å². The van der Waals surface area contributed by atoms with Gasteiger partial charge in [-0.05, 0) is 18.2 Å². The van der Waals surface area contributed by atoms with Crippen LogP contribution in [0.15, 0.2) is 48.5 Å².